The van der Waals surface area contributed by atoms with E-state index in [1.807, 2.05) is 12.3 Å². The molecule has 8 heteroatoms. The number of benzene rings is 2. The highest BCUT2D eigenvalue weighted by atomic mass is 32.2. The highest BCUT2D eigenvalue weighted by molar-refractivity contribution is 7.90. The van der Waals surface area contributed by atoms with E-state index in [4.69, 9.17) is 0 Å². The van der Waals surface area contributed by atoms with Gasteiger partial charge < -0.3 is 0 Å². The number of aromatic nitrogens is 1. The minimum Gasteiger partial charge on any atom is -0.264 e. The van der Waals surface area contributed by atoms with Crippen LogP contribution in [0.2, 0.25) is 0 Å². The maximum Gasteiger partial charge on any atom is 0.263 e. The number of rotatable bonds is 5. The molecule has 4 rings (SSSR count). The van der Waals surface area contributed by atoms with E-state index in [-0.39, 0.29) is 10.7 Å². The molecule has 2 aromatic carbocycles. The molecule has 0 unspecified atom stereocenters. The Morgan fingerprint density at radius 2 is 1.90 bits per heavy atom. The molecular weight excluding hydrogens is 421 g/mol. The molecule has 30 heavy (non-hydrogen) atoms. The molecule has 3 aromatic rings. The molecule has 0 bridgehead atoms. The number of aliphatic imine (C=N–C) groups is 1. The van der Waals surface area contributed by atoms with Gasteiger partial charge in [0.05, 0.1) is 22.1 Å². The number of hydrogen-bond donors (Lipinski definition) is 1. The van der Waals surface area contributed by atoms with E-state index in [2.05, 4.69) is 14.7 Å². The smallest absolute Gasteiger partial charge is 0.263 e. The number of hydrogen-bond acceptors (Lipinski definition) is 5. The first kappa shape index (κ1) is 20.4. The molecule has 1 N–H and O–H groups in total. The Kier molecular flexibility index (Phi) is 5.53. The predicted octanol–water partition coefficient (Wildman–Crippen LogP) is 4.49. The van der Waals surface area contributed by atoms with Crippen molar-refractivity contribution in [1.82, 2.24) is 9.71 Å². The lowest BCUT2D eigenvalue weighted by atomic mass is 10.1. The number of halogens is 1. The summed E-state index contributed by atoms with van der Waals surface area (Å²) in [6.07, 6.45) is 2.32. The molecule has 1 aliphatic heterocycles. The summed E-state index contributed by atoms with van der Waals surface area (Å²) in [7, 11) is -3.67. The van der Waals surface area contributed by atoms with Crippen LogP contribution in [0, 0.1) is 12.7 Å². The van der Waals surface area contributed by atoms with Gasteiger partial charge in [-0.1, -0.05) is 12.1 Å². The van der Waals surface area contributed by atoms with Crippen LogP contribution < -0.4 is 4.72 Å². The third-order valence-electron chi connectivity index (χ3n) is 4.72. The molecule has 2 heterocycles. The summed E-state index contributed by atoms with van der Waals surface area (Å²) in [5, 5.41) is 2.85. The van der Waals surface area contributed by atoms with Gasteiger partial charge in [0.1, 0.15) is 11.7 Å². The van der Waals surface area contributed by atoms with Crippen LogP contribution in [0.4, 0.5) is 4.39 Å². The molecule has 0 saturated carbocycles. The van der Waals surface area contributed by atoms with E-state index in [1.54, 1.807) is 49.4 Å². The summed E-state index contributed by atoms with van der Waals surface area (Å²) in [6.45, 7) is 4.15. The quantitative estimate of drug-likeness (QED) is 0.634. The lowest BCUT2D eigenvalue weighted by molar-refractivity contribution is 0.592. The van der Waals surface area contributed by atoms with E-state index < -0.39 is 10.0 Å². The molecule has 0 spiro atoms. The van der Waals surface area contributed by atoms with Gasteiger partial charge in [-0.3, -0.25) is 9.71 Å². The van der Waals surface area contributed by atoms with Gasteiger partial charge in [-0.2, -0.15) is 0 Å². The Balaban J connectivity index is 1.46. The maximum absolute atomic E-state index is 13.5. The number of aryl methyl sites for hydroxylation is 1. The molecule has 1 aromatic heterocycles. The first-order valence-electron chi connectivity index (χ1n) is 9.34. The largest absolute Gasteiger partial charge is 0.264 e. The Morgan fingerprint density at radius 1 is 1.13 bits per heavy atom. The van der Waals surface area contributed by atoms with Crippen LogP contribution in [0.5, 0.6) is 0 Å². The molecule has 1 aliphatic rings. The molecule has 154 valence electrons. The average Bonchev–Trinajstić information content (AvgIpc) is 3.33. The average molecular weight is 442 g/mol. The van der Waals surface area contributed by atoms with Gasteiger partial charge in [-0.05, 0) is 67.0 Å². The van der Waals surface area contributed by atoms with Crippen molar-refractivity contribution in [2.45, 2.75) is 25.2 Å². The molecule has 5 nitrogen and oxygen atoms in total. The van der Waals surface area contributed by atoms with Crippen molar-refractivity contribution in [1.29, 1.82) is 0 Å². The molecule has 0 amide bonds. The van der Waals surface area contributed by atoms with Crippen LogP contribution in [0.25, 0.3) is 11.3 Å². The van der Waals surface area contributed by atoms with Crippen molar-refractivity contribution in [3.63, 3.8) is 0 Å². The van der Waals surface area contributed by atoms with E-state index >= 15 is 0 Å². The Bertz CT molecular complexity index is 1260. The number of nitrogens with one attached hydrogen (secondary N) is 1. The van der Waals surface area contributed by atoms with Gasteiger partial charge in [0.25, 0.3) is 10.0 Å². The fourth-order valence-corrected chi connectivity index (χ4v) is 4.93. The van der Waals surface area contributed by atoms with Gasteiger partial charge >= 0.3 is 0 Å². The van der Waals surface area contributed by atoms with Crippen LogP contribution >= 0.6 is 11.3 Å². The summed E-state index contributed by atoms with van der Waals surface area (Å²) in [5.74, 6) is 0.132. The standard InChI is InChI=1S/C22H20FN3O2S2/c1-14-9-21(24-12-14)26-30(27,28)18-6-3-16(4-7-18)11-22-25-20(13-29-22)17-5-8-19(23)15(2)10-17/h3-10,13H,11-12H2,1-2H3,(H,24,26). The molecular formula is C22H20FN3O2S2. The highest BCUT2D eigenvalue weighted by Gasteiger charge is 2.17. The van der Waals surface area contributed by atoms with Crippen molar-refractivity contribution >= 4 is 27.2 Å². The molecule has 0 atom stereocenters. The topological polar surface area (TPSA) is 71.4 Å². The minimum absolute atomic E-state index is 0.188. The molecule has 0 radical (unpaired) electrons. The Morgan fingerprint density at radius 3 is 2.57 bits per heavy atom. The van der Waals surface area contributed by atoms with Crippen LogP contribution in [0.3, 0.4) is 0 Å². The van der Waals surface area contributed by atoms with Gasteiger partial charge in [-0.15, -0.1) is 11.3 Å². The second kappa shape index (κ2) is 8.12. The fourth-order valence-electron chi connectivity index (χ4n) is 3.08. The summed E-state index contributed by atoms with van der Waals surface area (Å²) in [4.78, 5) is 8.97. The first-order chi connectivity index (χ1) is 14.3. The summed E-state index contributed by atoms with van der Waals surface area (Å²) >= 11 is 1.52. The summed E-state index contributed by atoms with van der Waals surface area (Å²) in [5.41, 5.74) is 4.24. The van der Waals surface area contributed by atoms with Gasteiger partial charge in [0.2, 0.25) is 0 Å². The zero-order valence-electron chi connectivity index (χ0n) is 16.5. The second-order valence-electron chi connectivity index (χ2n) is 7.21. The van der Waals surface area contributed by atoms with Gasteiger partial charge in [-0.25, -0.2) is 17.8 Å². The lowest BCUT2D eigenvalue weighted by Gasteiger charge is -2.07. The van der Waals surface area contributed by atoms with Gasteiger partial charge in [0.15, 0.2) is 0 Å². The van der Waals surface area contributed by atoms with Crippen molar-refractivity contribution in [3.8, 4) is 11.3 Å². The van der Waals surface area contributed by atoms with Crippen LogP contribution in [-0.4, -0.2) is 25.8 Å². The van der Waals surface area contributed by atoms with Crippen molar-refractivity contribution in [3.05, 3.63) is 81.4 Å². The normalized spacial score (nSPS) is 13.8. The van der Waals surface area contributed by atoms with E-state index in [0.717, 1.165) is 27.4 Å². The second-order valence-corrected chi connectivity index (χ2v) is 9.83. The monoisotopic (exact) mass is 441 g/mol. The van der Waals surface area contributed by atoms with Crippen molar-refractivity contribution < 1.29 is 12.8 Å². The maximum atomic E-state index is 13.5. The summed E-state index contributed by atoms with van der Waals surface area (Å²) < 4.78 is 41.0. The van der Waals surface area contributed by atoms with Gasteiger partial charge in [0, 0.05) is 17.4 Å². The van der Waals surface area contributed by atoms with Crippen molar-refractivity contribution in [2.75, 3.05) is 6.54 Å². The third kappa shape index (κ3) is 4.49. The van der Waals surface area contributed by atoms with Crippen molar-refractivity contribution in [2.24, 2.45) is 4.99 Å². The van der Waals surface area contributed by atoms with E-state index in [0.29, 0.717) is 24.4 Å². The van der Waals surface area contributed by atoms with E-state index in [1.165, 1.54) is 17.4 Å². The number of nitrogens with zero attached hydrogens (tertiary/aromatic N) is 2. The summed E-state index contributed by atoms with van der Waals surface area (Å²) in [6, 6.07) is 11.7. The minimum atomic E-state index is -3.67. The predicted molar refractivity (Wildman–Crippen MR) is 118 cm³/mol. The molecule has 0 aliphatic carbocycles. The highest BCUT2D eigenvalue weighted by Crippen LogP contribution is 2.25. The zero-order valence-corrected chi connectivity index (χ0v) is 18.1. The van der Waals surface area contributed by atoms with Crippen LogP contribution in [0.1, 0.15) is 23.1 Å². The Labute approximate surface area is 179 Å². The molecule has 0 saturated heterocycles. The number of sulfonamides is 1. The van der Waals surface area contributed by atoms with E-state index in [9.17, 15) is 12.8 Å². The zero-order chi connectivity index (χ0) is 21.3. The first-order valence-corrected chi connectivity index (χ1v) is 11.7. The Hall–Kier alpha value is -2.84. The van der Waals surface area contributed by atoms with Crippen LogP contribution in [-0.2, 0) is 16.4 Å². The fraction of sp³-hybridized carbons (Fsp3) is 0.182. The third-order valence-corrected chi connectivity index (χ3v) is 6.93. The lowest BCUT2D eigenvalue weighted by Crippen LogP contribution is -2.28. The SMILES string of the molecule is CC1=CC(NS(=O)(=O)c2ccc(Cc3nc(-c4ccc(F)c(C)c4)cs3)cc2)=NC1. The van der Waals surface area contributed by atoms with Crippen LogP contribution in [0.15, 0.2) is 69.4 Å². The number of thiazole rings is 1. The molecule has 0 fully saturated rings. The number of amidine groups is 1.